The normalized spacial score (nSPS) is 30.8. The van der Waals surface area contributed by atoms with Crippen LogP contribution in [0.4, 0.5) is 5.69 Å². The molecule has 4 rings (SSSR count). The van der Waals surface area contributed by atoms with Gasteiger partial charge in [0.15, 0.2) is 9.84 Å². The topological polar surface area (TPSA) is 63.4 Å². The van der Waals surface area contributed by atoms with Crippen LogP contribution >= 0.6 is 0 Å². The summed E-state index contributed by atoms with van der Waals surface area (Å²) in [5.74, 6) is 0. The Kier molecular flexibility index (Phi) is 2.41. The van der Waals surface area contributed by atoms with Crippen molar-refractivity contribution in [3.8, 4) is 0 Å². The van der Waals surface area contributed by atoms with Gasteiger partial charge in [0.05, 0.1) is 10.5 Å². The predicted octanol–water partition coefficient (Wildman–Crippen LogP) is 0.640. The number of piperidine rings is 1. The van der Waals surface area contributed by atoms with Crippen LogP contribution in [0.1, 0.15) is 12.0 Å². The number of nitrogens with zero attached hydrogens (tertiary/aromatic N) is 1. The van der Waals surface area contributed by atoms with Crippen molar-refractivity contribution >= 4 is 15.5 Å². The predicted molar refractivity (Wildman–Crippen MR) is 67.2 cm³/mol. The Morgan fingerprint density at radius 2 is 1.76 bits per heavy atom. The van der Waals surface area contributed by atoms with Gasteiger partial charge in [-0.2, -0.15) is 0 Å². The third kappa shape index (κ3) is 1.83. The molecule has 3 fully saturated rings. The number of hydrogen-bond donors (Lipinski definition) is 1. The molecule has 92 valence electrons. The molecule has 3 aliphatic heterocycles. The first-order valence-corrected chi connectivity index (χ1v) is 7.46. The summed E-state index contributed by atoms with van der Waals surface area (Å²) in [6, 6.07) is 7.78. The lowest BCUT2D eigenvalue weighted by atomic mass is 10.1. The third-order valence-corrected chi connectivity index (χ3v) is 6.31. The lowest BCUT2D eigenvalue weighted by Crippen LogP contribution is -2.61. The van der Waals surface area contributed by atoms with Crippen LogP contribution in [0.2, 0.25) is 0 Å². The summed E-state index contributed by atoms with van der Waals surface area (Å²) >= 11 is 0. The Morgan fingerprint density at radius 3 is 2.29 bits per heavy atom. The molecule has 0 amide bonds. The number of rotatable bonds is 2. The standard InChI is InChI=1S/C12H16N2O2S/c13-10-3-1-9(2-4-10)6-14-7-11-5-12(8-14)17(11,15)16/h1-4,11-12H,5-8,13H2. The van der Waals surface area contributed by atoms with E-state index in [1.807, 2.05) is 24.3 Å². The van der Waals surface area contributed by atoms with Gasteiger partial charge in [-0.3, -0.25) is 4.90 Å². The van der Waals surface area contributed by atoms with E-state index in [1.54, 1.807) is 0 Å². The Hall–Kier alpha value is -1.07. The summed E-state index contributed by atoms with van der Waals surface area (Å²) in [5, 5.41) is -0.231. The molecule has 0 spiro atoms. The molecule has 3 saturated heterocycles. The molecule has 5 heteroatoms. The van der Waals surface area contributed by atoms with Crippen LogP contribution in [0.25, 0.3) is 0 Å². The molecule has 2 bridgehead atoms. The molecule has 2 N–H and O–H groups in total. The van der Waals surface area contributed by atoms with Crippen molar-refractivity contribution in [3.63, 3.8) is 0 Å². The monoisotopic (exact) mass is 252 g/mol. The summed E-state index contributed by atoms with van der Waals surface area (Å²) < 4.78 is 23.3. The quantitative estimate of drug-likeness (QED) is 0.785. The molecular formula is C12H16N2O2S. The molecule has 2 unspecified atom stereocenters. The van der Waals surface area contributed by atoms with Crippen molar-refractivity contribution in [2.45, 2.75) is 23.5 Å². The van der Waals surface area contributed by atoms with Crippen LogP contribution in [0.15, 0.2) is 24.3 Å². The van der Waals surface area contributed by atoms with Gasteiger partial charge in [0.1, 0.15) is 0 Å². The molecule has 1 aromatic rings. The van der Waals surface area contributed by atoms with Crippen LogP contribution in [-0.2, 0) is 16.4 Å². The molecule has 1 aromatic carbocycles. The lowest BCUT2D eigenvalue weighted by Gasteiger charge is -2.46. The fourth-order valence-electron chi connectivity index (χ4n) is 2.73. The SMILES string of the molecule is Nc1ccc(CN2CC3CC(C2)S3(=O)=O)cc1. The maximum atomic E-state index is 11.6. The van der Waals surface area contributed by atoms with E-state index in [4.69, 9.17) is 5.73 Å². The Bertz CT molecular complexity index is 506. The van der Waals surface area contributed by atoms with Crippen molar-refractivity contribution in [1.29, 1.82) is 0 Å². The number of sulfone groups is 1. The first-order valence-electron chi connectivity index (χ1n) is 5.85. The van der Waals surface area contributed by atoms with E-state index in [9.17, 15) is 8.42 Å². The summed E-state index contributed by atoms with van der Waals surface area (Å²) in [7, 11) is -2.76. The van der Waals surface area contributed by atoms with Crippen molar-refractivity contribution < 1.29 is 8.42 Å². The van der Waals surface area contributed by atoms with Gasteiger partial charge in [-0.15, -0.1) is 0 Å². The van der Waals surface area contributed by atoms with E-state index in [1.165, 1.54) is 5.56 Å². The van der Waals surface area contributed by atoms with Gasteiger partial charge in [-0.1, -0.05) is 12.1 Å². The fourth-order valence-corrected chi connectivity index (χ4v) is 4.75. The highest BCUT2D eigenvalue weighted by Crippen LogP contribution is 2.35. The van der Waals surface area contributed by atoms with Crippen molar-refractivity contribution in [2.24, 2.45) is 0 Å². The van der Waals surface area contributed by atoms with Gasteiger partial charge < -0.3 is 5.73 Å². The van der Waals surface area contributed by atoms with Crippen LogP contribution in [0.5, 0.6) is 0 Å². The van der Waals surface area contributed by atoms with Crippen LogP contribution < -0.4 is 5.73 Å². The second kappa shape index (κ2) is 3.71. The number of nitrogen functional groups attached to an aromatic ring is 1. The molecule has 0 aromatic heterocycles. The first kappa shape index (κ1) is 11.0. The number of fused-ring (bicyclic) bond motifs is 2. The zero-order valence-corrected chi connectivity index (χ0v) is 10.4. The minimum Gasteiger partial charge on any atom is -0.399 e. The zero-order valence-electron chi connectivity index (χ0n) is 9.54. The van der Waals surface area contributed by atoms with Crippen molar-refractivity contribution in [2.75, 3.05) is 18.8 Å². The largest absolute Gasteiger partial charge is 0.399 e. The zero-order chi connectivity index (χ0) is 12.0. The summed E-state index contributed by atoms with van der Waals surface area (Å²) in [4.78, 5) is 2.23. The minimum atomic E-state index is -2.76. The molecule has 0 saturated carbocycles. The highest BCUT2D eigenvalue weighted by molar-refractivity contribution is 7.94. The Labute approximate surface area is 101 Å². The molecule has 0 radical (unpaired) electrons. The van der Waals surface area contributed by atoms with Gasteiger partial charge >= 0.3 is 0 Å². The molecule has 3 heterocycles. The molecule has 3 aliphatic rings. The van der Waals surface area contributed by atoms with Gasteiger partial charge in [0, 0.05) is 25.3 Å². The number of hydrogen-bond acceptors (Lipinski definition) is 4. The van der Waals surface area contributed by atoms with Crippen LogP contribution in [0, 0.1) is 0 Å². The molecule has 2 atom stereocenters. The summed E-state index contributed by atoms with van der Waals surface area (Å²) in [6.07, 6.45) is 0.862. The van der Waals surface area contributed by atoms with E-state index < -0.39 is 9.84 Å². The molecule has 4 nitrogen and oxygen atoms in total. The van der Waals surface area contributed by atoms with E-state index >= 15 is 0 Å². The van der Waals surface area contributed by atoms with E-state index in [-0.39, 0.29) is 10.5 Å². The number of nitrogens with two attached hydrogens (primary N) is 1. The number of anilines is 1. The number of benzene rings is 1. The van der Waals surface area contributed by atoms with Gasteiger partial charge in [-0.25, -0.2) is 8.42 Å². The summed E-state index contributed by atoms with van der Waals surface area (Å²) in [6.45, 7) is 2.19. The van der Waals surface area contributed by atoms with Crippen molar-refractivity contribution in [3.05, 3.63) is 29.8 Å². The van der Waals surface area contributed by atoms with E-state index in [0.717, 1.165) is 18.7 Å². The second-order valence-electron chi connectivity index (χ2n) is 5.00. The van der Waals surface area contributed by atoms with Crippen LogP contribution in [0.3, 0.4) is 0 Å². The first-order chi connectivity index (χ1) is 8.05. The summed E-state index contributed by atoms with van der Waals surface area (Å²) in [5.41, 5.74) is 7.59. The molecule has 17 heavy (non-hydrogen) atoms. The van der Waals surface area contributed by atoms with Gasteiger partial charge in [0.2, 0.25) is 0 Å². The molecule has 0 aliphatic carbocycles. The Balaban J connectivity index is 1.67. The molecular weight excluding hydrogens is 236 g/mol. The fraction of sp³-hybridized carbons (Fsp3) is 0.500. The van der Waals surface area contributed by atoms with E-state index in [2.05, 4.69) is 4.90 Å². The highest BCUT2D eigenvalue weighted by Gasteiger charge is 2.51. The average Bonchev–Trinajstić information content (AvgIpc) is 2.32. The average molecular weight is 252 g/mol. The van der Waals surface area contributed by atoms with Gasteiger partial charge in [0.25, 0.3) is 0 Å². The highest BCUT2D eigenvalue weighted by atomic mass is 32.2. The van der Waals surface area contributed by atoms with Gasteiger partial charge in [-0.05, 0) is 24.1 Å². The minimum absolute atomic E-state index is 0.116. The van der Waals surface area contributed by atoms with Crippen molar-refractivity contribution in [1.82, 2.24) is 4.90 Å². The van der Waals surface area contributed by atoms with Crippen LogP contribution in [-0.4, -0.2) is 36.9 Å². The van der Waals surface area contributed by atoms with E-state index in [0.29, 0.717) is 13.1 Å². The maximum Gasteiger partial charge on any atom is 0.158 e. The maximum absolute atomic E-state index is 11.6. The lowest BCUT2D eigenvalue weighted by molar-refractivity contribution is 0.201. The smallest absolute Gasteiger partial charge is 0.158 e. The third-order valence-electron chi connectivity index (χ3n) is 3.76. The Morgan fingerprint density at radius 1 is 1.18 bits per heavy atom. The second-order valence-corrected chi connectivity index (χ2v) is 7.52.